The number of hydrogen-bond donors (Lipinski definition) is 4. The number of phenolic OH excluding ortho intramolecular Hbond substituents is 2. The molecule has 1 aliphatic heterocycles. The molecule has 1 aromatic rings. The van der Waals surface area contributed by atoms with E-state index in [1.54, 1.807) is 0 Å². The first-order chi connectivity index (χ1) is 9.91. The van der Waals surface area contributed by atoms with Crippen LogP contribution in [0.15, 0.2) is 18.2 Å². The van der Waals surface area contributed by atoms with Gasteiger partial charge in [-0.2, -0.15) is 0 Å². The Morgan fingerprint density at radius 3 is 2.71 bits per heavy atom. The van der Waals surface area contributed by atoms with E-state index in [4.69, 9.17) is 5.11 Å². The van der Waals surface area contributed by atoms with Gasteiger partial charge < -0.3 is 25.5 Å². The Bertz CT molecular complexity index is 600. The molecule has 0 spiro atoms. The van der Waals surface area contributed by atoms with E-state index >= 15 is 0 Å². The molecular formula is C13H14N2O6. The summed E-state index contributed by atoms with van der Waals surface area (Å²) in [6, 6.07) is 2.73. The van der Waals surface area contributed by atoms with Crippen LogP contribution in [-0.4, -0.2) is 57.1 Å². The van der Waals surface area contributed by atoms with Crippen LogP contribution in [0.1, 0.15) is 16.8 Å². The van der Waals surface area contributed by atoms with Crippen LogP contribution in [0.4, 0.5) is 0 Å². The summed E-state index contributed by atoms with van der Waals surface area (Å²) in [5.74, 6) is -3.53. The van der Waals surface area contributed by atoms with Gasteiger partial charge in [-0.3, -0.25) is 14.4 Å². The normalized spacial score (nSPS) is 18.2. The molecule has 0 aliphatic carbocycles. The number of para-hydroxylation sites is 1. The number of carboxylic acids is 1. The average Bonchev–Trinajstić information content (AvgIpc) is 2.43. The first-order valence-corrected chi connectivity index (χ1v) is 6.23. The van der Waals surface area contributed by atoms with Gasteiger partial charge in [-0.15, -0.1) is 0 Å². The number of phenols is 2. The number of nitrogens with zero attached hydrogens (tertiary/aromatic N) is 1. The third-order valence-corrected chi connectivity index (χ3v) is 3.20. The number of carbonyl (C=O) groups is 3. The zero-order valence-corrected chi connectivity index (χ0v) is 10.9. The zero-order valence-electron chi connectivity index (χ0n) is 10.9. The van der Waals surface area contributed by atoms with Crippen molar-refractivity contribution >= 4 is 17.8 Å². The molecule has 1 unspecified atom stereocenters. The van der Waals surface area contributed by atoms with E-state index in [2.05, 4.69) is 5.32 Å². The maximum Gasteiger partial charge on any atom is 0.305 e. The maximum atomic E-state index is 12.4. The monoisotopic (exact) mass is 294 g/mol. The van der Waals surface area contributed by atoms with E-state index in [0.717, 1.165) is 4.90 Å². The largest absolute Gasteiger partial charge is 0.504 e. The number of rotatable bonds is 3. The number of amides is 2. The molecule has 0 saturated carbocycles. The molecule has 4 N–H and O–H groups in total. The summed E-state index contributed by atoms with van der Waals surface area (Å²) in [4.78, 5) is 36.1. The highest BCUT2D eigenvalue weighted by atomic mass is 16.4. The first-order valence-electron chi connectivity index (χ1n) is 6.23. The Hall–Kier alpha value is -2.77. The minimum Gasteiger partial charge on any atom is -0.504 e. The molecule has 2 rings (SSSR count). The van der Waals surface area contributed by atoms with Gasteiger partial charge in [0.15, 0.2) is 11.5 Å². The molecule has 2 amide bonds. The van der Waals surface area contributed by atoms with Gasteiger partial charge in [0, 0.05) is 13.1 Å². The second kappa shape index (κ2) is 5.70. The van der Waals surface area contributed by atoms with Gasteiger partial charge in [0.2, 0.25) is 5.91 Å². The first kappa shape index (κ1) is 14.6. The second-order valence-corrected chi connectivity index (χ2v) is 4.58. The molecule has 0 aromatic heterocycles. The standard InChI is InChI=1S/C13H14N2O6/c16-9-3-1-2-7(11(9)19)13(21)15-5-4-14-12(20)8(15)6-10(17)18/h1-3,8,16,19H,4-6H2,(H,14,20)(H,17,18). The summed E-state index contributed by atoms with van der Waals surface area (Å²) >= 11 is 0. The molecule has 0 bridgehead atoms. The Balaban J connectivity index is 2.32. The molecule has 1 aromatic carbocycles. The van der Waals surface area contributed by atoms with Crippen molar-refractivity contribution in [1.82, 2.24) is 10.2 Å². The Morgan fingerprint density at radius 1 is 1.33 bits per heavy atom. The molecule has 21 heavy (non-hydrogen) atoms. The SMILES string of the molecule is O=C(O)CC1C(=O)NCCN1C(=O)c1cccc(O)c1O. The molecule has 1 heterocycles. The smallest absolute Gasteiger partial charge is 0.305 e. The van der Waals surface area contributed by atoms with E-state index in [9.17, 15) is 24.6 Å². The van der Waals surface area contributed by atoms with Crippen LogP contribution in [0, 0.1) is 0 Å². The highest BCUT2D eigenvalue weighted by Crippen LogP contribution is 2.30. The molecular weight excluding hydrogens is 280 g/mol. The summed E-state index contributed by atoms with van der Waals surface area (Å²) in [6.45, 7) is 0.317. The Morgan fingerprint density at radius 2 is 2.05 bits per heavy atom. The Labute approximate surface area is 119 Å². The summed E-state index contributed by atoms with van der Waals surface area (Å²) < 4.78 is 0. The molecule has 1 atom stereocenters. The van der Waals surface area contributed by atoms with Gasteiger partial charge in [0.25, 0.3) is 5.91 Å². The lowest BCUT2D eigenvalue weighted by atomic mass is 10.1. The van der Waals surface area contributed by atoms with Gasteiger partial charge in [-0.25, -0.2) is 0 Å². The van der Waals surface area contributed by atoms with Crippen LogP contribution in [0.3, 0.4) is 0 Å². The van der Waals surface area contributed by atoms with Crippen LogP contribution in [-0.2, 0) is 9.59 Å². The predicted octanol–water partition coefficient (Wildman–Crippen LogP) is -0.487. The summed E-state index contributed by atoms with van der Waals surface area (Å²) in [7, 11) is 0. The summed E-state index contributed by atoms with van der Waals surface area (Å²) in [6.07, 6.45) is -0.531. The van der Waals surface area contributed by atoms with Crippen molar-refractivity contribution in [3.05, 3.63) is 23.8 Å². The van der Waals surface area contributed by atoms with E-state index in [1.807, 2.05) is 0 Å². The second-order valence-electron chi connectivity index (χ2n) is 4.58. The van der Waals surface area contributed by atoms with Gasteiger partial charge >= 0.3 is 5.97 Å². The van der Waals surface area contributed by atoms with Crippen molar-refractivity contribution in [2.24, 2.45) is 0 Å². The third kappa shape index (κ3) is 2.88. The van der Waals surface area contributed by atoms with Crippen molar-refractivity contribution in [3.8, 4) is 11.5 Å². The minimum absolute atomic E-state index is 0.123. The highest BCUT2D eigenvalue weighted by Gasteiger charge is 2.36. The van der Waals surface area contributed by atoms with Crippen molar-refractivity contribution in [1.29, 1.82) is 0 Å². The molecule has 8 heteroatoms. The number of piperazine rings is 1. The maximum absolute atomic E-state index is 12.4. The number of benzene rings is 1. The fourth-order valence-electron chi connectivity index (χ4n) is 2.18. The molecule has 1 saturated heterocycles. The number of aromatic hydroxyl groups is 2. The fraction of sp³-hybridized carbons (Fsp3) is 0.308. The topological polar surface area (TPSA) is 127 Å². The van der Waals surface area contributed by atoms with Crippen molar-refractivity contribution < 1.29 is 29.7 Å². The molecule has 8 nitrogen and oxygen atoms in total. The van der Waals surface area contributed by atoms with Crippen LogP contribution in [0.5, 0.6) is 11.5 Å². The quantitative estimate of drug-likeness (QED) is 0.557. The third-order valence-electron chi connectivity index (χ3n) is 3.20. The van der Waals surface area contributed by atoms with Crippen molar-refractivity contribution in [3.63, 3.8) is 0 Å². The van der Waals surface area contributed by atoms with E-state index in [0.29, 0.717) is 0 Å². The summed E-state index contributed by atoms with van der Waals surface area (Å²) in [5.41, 5.74) is -0.180. The van der Waals surface area contributed by atoms with Gasteiger partial charge in [-0.05, 0) is 12.1 Å². The average molecular weight is 294 g/mol. The van der Waals surface area contributed by atoms with Crippen molar-refractivity contribution in [2.75, 3.05) is 13.1 Å². The minimum atomic E-state index is -1.21. The van der Waals surface area contributed by atoms with Crippen LogP contribution in [0.25, 0.3) is 0 Å². The van der Waals surface area contributed by atoms with Crippen LogP contribution < -0.4 is 5.32 Å². The van der Waals surface area contributed by atoms with Gasteiger partial charge in [-0.1, -0.05) is 6.07 Å². The lowest BCUT2D eigenvalue weighted by Gasteiger charge is -2.34. The number of carboxylic acid groups (broad SMARTS) is 1. The number of nitrogens with one attached hydrogen (secondary N) is 1. The van der Waals surface area contributed by atoms with Gasteiger partial charge in [0.05, 0.1) is 12.0 Å². The Kier molecular flexibility index (Phi) is 3.97. The molecule has 112 valence electrons. The summed E-state index contributed by atoms with van der Waals surface area (Å²) in [5, 5.41) is 30.5. The van der Waals surface area contributed by atoms with Crippen LogP contribution >= 0.6 is 0 Å². The van der Waals surface area contributed by atoms with E-state index < -0.39 is 41.7 Å². The molecule has 0 radical (unpaired) electrons. The van der Waals surface area contributed by atoms with E-state index in [-0.39, 0.29) is 18.7 Å². The zero-order chi connectivity index (χ0) is 15.6. The lowest BCUT2D eigenvalue weighted by Crippen LogP contribution is -2.57. The van der Waals surface area contributed by atoms with Crippen molar-refractivity contribution in [2.45, 2.75) is 12.5 Å². The highest BCUT2D eigenvalue weighted by molar-refractivity contribution is 6.01. The lowest BCUT2D eigenvalue weighted by molar-refractivity contribution is -0.142. The fourth-order valence-corrected chi connectivity index (χ4v) is 2.18. The van der Waals surface area contributed by atoms with Crippen LogP contribution in [0.2, 0.25) is 0 Å². The number of aliphatic carboxylic acids is 1. The number of carbonyl (C=O) groups excluding carboxylic acids is 2. The number of hydrogen-bond acceptors (Lipinski definition) is 5. The van der Waals surface area contributed by atoms with E-state index in [1.165, 1.54) is 18.2 Å². The molecule has 1 fully saturated rings. The molecule has 1 aliphatic rings. The van der Waals surface area contributed by atoms with Gasteiger partial charge in [0.1, 0.15) is 6.04 Å². The predicted molar refractivity (Wildman–Crippen MR) is 69.9 cm³/mol.